The number of benzene rings is 2. The number of rotatable bonds is 4. The van der Waals surface area contributed by atoms with Gasteiger partial charge in [0.15, 0.2) is 0 Å². The summed E-state index contributed by atoms with van der Waals surface area (Å²) >= 11 is 0. The molecule has 6 nitrogen and oxygen atoms in total. The van der Waals surface area contributed by atoms with E-state index in [1.807, 2.05) is 49.5 Å². The molecule has 0 aliphatic heterocycles. The van der Waals surface area contributed by atoms with Crippen LogP contribution in [0.15, 0.2) is 48.5 Å². The summed E-state index contributed by atoms with van der Waals surface area (Å²) in [4.78, 5) is 15.2. The number of hydrogen-bond donors (Lipinski definition) is 1. The van der Waals surface area contributed by atoms with E-state index in [-0.39, 0.29) is 6.61 Å². The van der Waals surface area contributed by atoms with Crippen LogP contribution in [-0.4, -0.2) is 29.4 Å². The molecule has 0 spiro atoms. The van der Waals surface area contributed by atoms with Crippen LogP contribution in [0.1, 0.15) is 6.92 Å². The predicted molar refractivity (Wildman–Crippen MR) is 104 cm³/mol. The van der Waals surface area contributed by atoms with Gasteiger partial charge in [0.1, 0.15) is 5.75 Å². The Morgan fingerprint density at radius 1 is 1.11 bits per heavy atom. The van der Waals surface area contributed by atoms with Gasteiger partial charge in [-0.3, -0.25) is 0 Å². The molecule has 2 aromatic carbocycles. The summed E-state index contributed by atoms with van der Waals surface area (Å²) in [5.74, 6) is 1.13. The van der Waals surface area contributed by atoms with Crippen molar-refractivity contribution in [2.24, 2.45) is 7.05 Å². The zero-order valence-corrected chi connectivity index (χ0v) is 15.4. The highest BCUT2D eigenvalue weighted by Gasteiger charge is 2.23. The number of para-hydroxylation sites is 1. The standard InChI is InChI=1S/C21H20N2O4/c1-4-26-21(24)27-20-17(13-9-11-14(25-3)12-10-13)19-18(22-20)15-7-5-6-8-16(15)23(19)2/h5-12,22H,4H2,1-3H3. The fourth-order valence-corrected chi connectivity index (χ4v) is 3.43. The maximum Gasteiger partial charge on any atom is 0.515 e. The van der Waals surface area contributed by atoms with Crippen LogP contribution in [0.4, 0.5) is 4.79 Å². The topological polar surface area (TPSA) is 65.5 Å². The minimum absolute atomic E-state index is 0.250. The third-order valence-electron chi connectivity index (χ3n) is 4.64. The Morgan fingerprint density at radius 3 is 2.56 bits per heavy atom. The van der Waals surface area contributed by atoms with Crippen molar-refractivity contribution in [2.75, 3.05) is 13.7 Å². The van der Waals surface area contributed by atoms with Crippen molar-refractivity contribution in [3.63, 3.8) is 0 Å². The zero-order valence-electron chi connectivity index (χ0n) is 15.4. The van der Waals surface area contributed by atoms with E-state index in [0.717, 1.165) is 38.8 Å². The summed E-state index contributed by atoms with van der Waals surface area (Å²) in [6.45, 7) is 1.99. The number of fused-ring (bicyclic) bond motifs is 3. The van der Waals surface area contributed by atoms with Gasteiger partial charge in [-0.25, -0.2) is 4.79 Å². The second-order valence-electron chi connectivity index (χ2n) is 6.14. The Bertz CT molecular complexity index is 1120. The first kappa shape index (κ1) is 17.0. The Kier molecular flexibility index (Phi) is 4.24. The van der Waals surface area contributed by atoms with Gasteiger partial charge in [-0.15, -0.1) is 0 Å². The van der Waals surface area contributed by atoms with E-state index >= 15 is 0 Å². The molecule has 0 saturated carbocycles. The Morgan fingerprint density at radius 2 is 1.85 bits per heavy atom. The monoisotopic (exact) mass is 364 g/mol. The molecule has 0 aliphatic rings. The maximum absolute atomic E-state index is 12.0. The molecule has 1 N–H and O–H groups in total. The normalized spacial score (nSPS) is 11.1. The summed E-state index contributed by atoms with van der Waals surface area (Å²) in [6, 6.07) is 15.7. The number of carbonyl (C=O) groups excluding carboxylic acids is 1. The van der Waals surface area contributed by atoms with Crippen LogP contribution in [-0.2, 0) is 11.8 Å². The average Bonchev–Trinajstić information content (AvgIpc) is 3.18. The molecule has 0 unspecified atom stereocenters. The average molecular weight is 364 g/mol. The van der Waals surface area contributed by atoms with E-state index in [4.69, 9.17) is 14.2 Å². The molecule has 0 saturated heterocycles. The van der Waals surface area contributed by atoms with Crippen LogP contribution in [0, 0.1) is 0 Å². The van der Waals surface area contributed by atoms with Gasteiger partial charge in [0.2, 0.25) is 5.88 Å². The SMILES string of the molecule is CCOC(=O)Oc1[nH]c2c3ccccc3n(C)c2c1-c1ccc(OC)cc1. The summed E-state index contributed by atoms with van der Waals surface area (Å²) in [5.41, 5.74) is 4.68. The molecule has 0 aliphatic carbocycles. The van der Waals surface area contributed by atoms with Crippen molar-refractivity contribution < 1.29 is 19.0 Å². The molecule has 4 aromatic rings. The summed E-state index contributed by atoms with van der Waals surface area (Å²) in [6.07, 6.45) is -0.733. The minimum Gasteiger partial charge on any atom is -0.497 e. The number of nitrogens with zero attached hydrogens (tertiary/aromatic N) is 1. The largest absolute Gasteiger partial charge is 0.515 e. The zero-order chi connectivity index (χ0) is 19.0. The van der Waals surface area contributed by atoms with Crippen LogP contribution in [0.3, 0.4) is 0 Å². The van der Waals surface area contributed by atoms with Crippen LogP contribution >= 0.6 is 0 Å². The number of methoxy groups -OCH3 is 1. The van der Waals surface area contributed by atoms with Crippen molar-refractivity contribution in [3.8, 4) is 22.8 Å². The molecule has 2 heterocycles. The van der Waals surface area contributed by atoms with Crippen molar-refractivity contribution in [3.05, 3.63) is 48.5 Å². The number of aromatic nitrogens is 2. The Hall–Kier alpha value is -3.41. The molecular formula is C21H20N2O4. The molecule has 0 amide bonds. The second-order valence-corrected chi connectivity index (χ2v) is 6.14. The van der Waals surface area contributed by atoms with Crippen LogP contribution < -0.4 is 9.47 Å². The first-order valence-electron chi connectivity index (χ1n) is 8.72. The number of hydrogen-bond acceptors (Lipinski definition) is 4. The molecule has 0 atom stereocenters. The van der Waals surface area contributed by atoms with Gasteiger partial charge in [-0.1, -0.05) is 30.3 Å². The van der Waals surface area contributed by atoms with Crippen molar-refractivity contribution in [1.82, 2.24) is 9.55 Å². The lowest BCUT2D eigenvalue weighted by molar-refractivity contribution is 0.103. The van der Waals surface area contributed by atoms with E-state index in [9.17, 15) is 4.79 Å². The van der Waals surface area contributed by atoms with Crippen LogP contribution in [0.25, 0.3) is 33.1 Å². The van der Waals surface area contributed by atoms with Gasteiger partial charge >= 0.3 is 6.16 Å². The molecule has 27 heavy (non-hydrogen) atoms. The van der Waals surface area contributed by atoms with Gasteiger partial charge in [-0.2, -0.15) is 0 Å². The second kappa shape index (κ2) is 6.72. The minimum atomic E-state index is -0.733. The summed E-state index contributed by atoms with van der Waals surface area (Å²) in [5, 5.41) is 1.06. The van der Waals surface area contributed by atoms with Crippen molar-refractivity contribution in [2.45, 2.75) is 6.92 Å². The summed E-state index contributed by atoms with van der Waals surface area (Å²) < 4.78 is 17.8. The Balaban J connectivity index is 1.97. The number of carbonyl (C=O) groups is 1. The third kappa shape index (κ3) is 2.79. The van der Waals surface area contributed by atoms with E-state index in [1.54, 1.807) is 14.0 Å². The summed E-state index contributed by atoms with van der Waals surface area (Å²) in [7, 11) is 3.63. The maximum atomic E-state index is 12.0. The van der Waals surface area contributed by atoms with Crippen molar-refractivity contribution in [1.29, 1.82) is 0 Å². The van der Waals surface area contributed by atoms with Gasteiger partial charge < -0.3 is 23.8 Å². The smallest absolute Gasteiger partial charge is 0.497 e. The van der Waals surface area contributed by atoms with E-state index in [0.29, 0.717) is 5.88 Å². The van der Waals surface area contributed by atoms with Gasteiger partial charge in [0.25, 0.3) is 0 Å². The number of H-pyrrole nitrogens is 1. The molecule has 6 heteroatoms. The van der Waals surface area contributed by atoms with Crippen LogP contribution in [0.5, 0.6) is 11.6 Å². The molecule has 0 radical (unpaired) electrons. The molecule has 2 aromatic heterocycles. The molecule has 4 rings (SSSR count). The molecule has 0 fully saturated rings. The lowest BCUT2D eigenvalue weighted by atomic mass is 10.1. The number of aryl methyl sites for hydroxylation is 1. The van der Waals surface area contributed by atoms with Crippen molar-refractivity contribution >= 4 is 28.1 Å². The van der Waals surface area contributed by atoms with E-state index in [2.05, 4.69) is 15.6 Å². The fourth-order valence-electron chi connectivity index (χ4n) is 3.43. The van der Waals surface area contributed by atoms with Gasteiger partial charge in [-0.05, 0) is 30.7 Å². The Labute approximate surface area is 156 Å². The highest BCUT2D eigenvalue weighted by Crippen LogP contribution is 2.42. The molecule has 0 bridgehead atoms. The number of ether oxygens (including phenoxy) is 3. The lowest BCUT2D eigenvalue weighted by Gasteiger charge is -2.08. The fraction of sp³-hybridized carbons (Fsp3) is 0.190. The highest BCUT2D eigenvalue weighted by atomic mass is 16.7. The first-order valence-corrected chi connectivity index (χ1v) is 8.72. The molecular weight excluding hydrogens is 344 g/mol. The van der Waals surface area contributed by atoms with Gasteiger partial charge in [0.05, 0.1) is 35.8 Å². The first-order chi connectivity index (χ1) is 13.1. The van der Waals surface area contributed by atoms with E-state index in [1.165, 1.54) is 0 Å². The highest BCUT2D eigenvalue weighted by molar-refractivity contribution is 6.13. The lowest BCUT2D eigenvalue weighted by Crippen LogP contribution is -2.10. The predicted octanol–water partition coefficient (Wildman–Crippen LogP) is 4.87. The van der Waals surface area contributed by atoms with Crippen LogP contribution in [0.2, 0.25) is 0 Å². The number of aromatic amines is 1. The van der Waals surface area contributed by atoms with E-state index < -0.39 is 6.16 Å². The quantitative estimate of drug-likeness (QED) is 0.525. The third-order valence-corrected chi connectivity index (χ3v) is 4.64. The molecule has 138 valence electrons. The van der Waals surface area contributed by atoms with Gasteiger partial charge in [0, 0.05) is 12.4 Å². The number of nitrogens with one attached hydrogen (secondary N) is 1.